The molecule has 1 aromatic heterocycles. The quantitative estimate of drug-likeness (QED) is 0.606. The number of hydrogen-bond donors (Lipinski definition) is 0. The number of aromatic nitrogens is 1. The highest BCUT2D eigenvalue weighted by Gasteiger charge is 2.07. The molecule has 0 N–H and O–H groups in total. The predicted octanol–water partition coefficient (Wildman–Crippen LogP) is 5.22. The van der Waals surface area contributed by atoms with Crippen molar-refractivity contribution in [3.8, 4) is 16.9 Å². The van der Waals surface area contributed by atoms with Gasteiger partial charge < -0.3 is 4.74 Å². The predicted molar refractivity (Wildman–Crippen MR) is 83.8 cm³/mol. The smallest absolute Gasteiger partial charge is 0.136 e. The molecule has 1 heterocycles. The van der Waals surface area contributed by atoms with Gasteiger partial charge in [-0.1, -0.05) is 47.5 Å². The highest BCUT2D eigenvalue weighted by molar-refractivity contribution is 6.39. The zero-order chi connectivity index (χ0) is 14.1. The summed E-state index contributed by atoms with van der Waals surface area (Å²) in [7, 11) is 1.65. The number of hydrogen-bond acceptors (Lipinski definition) is 2. The molecule has 0 bridgehead atoms. The van der Waals surface area contributed by atoms with Gasteiger partial charge in [-0.3, -0.25) is 0 Å². The number of ether oxygens (including phenoxy) is 1. The number of nitrogens with zero attached hydrogens (tertiary/aromatic N) is 1. The first kappa shape index (κ1) is 13.2. The molecular formula is C16H11Cl2NO. The van der Waals surface area contributed by atoms with Gasteiger partial charge in [0.15, 0.2) is 0 Å². The van der Waals surface area contributed by atoms with Crippen molar-refractivity contribution in [2.45, 2.75) is 0 Å². The minimum atomic E-state index is 0.458. The maximum absolute atomic E-state index is 6.15. The highest BCUT2D eigenvalue weighted by atomic mass is 35.5. The summed E-state index contributed by atoms with van der Waals surface area (Å²) in [4.78, 5) is 4.08. The maximum atomic E-state index is 6.15. The van der Waals surface area contributed by atoms with Crippen molar-refractivity contribution in [3.63, 3.8) is 0 Å². The van der Waals surface area contributed by atoms with E-state index in [0.29, 0.717) is 10.2 Å². The van der Waals surface area contributed by atoms with E-state index in [4.69, 9.17) is 27.9 Å². The molecule has 2 nitrogen and oxygen atoms in total. The summed E-state index contributed by atoms with van der Waals surface area (Å²) in [6, 6.07) is 13.8. The zero-order valence-electron chi connectivity index (χ0n) is 10.7. The largest absolute Gasteiger partial charge is 0.497 e. The Hall–Kier alpha value is -1.77. The molecule has 0 amide bonds. The SMILES string of the molecule is COc1ccc(-c2ccc3c(Cl)cnc(Cl)c3c2)cc1. The van der Waals surface area contributed by atoms with E-state index in [2.05, 4.69) is 4.98 Å². The minimum absolute atomic E-state index is 0.458. The lowest BCUT2D eigenvalue weighted by molar-refractivity contribution is 0.415. The molecule has 0 saturated carbocycles. The number of pyridine rings is 1. The number of rotatable bonds is 2. The minimum Gasteiger partial charge on any atom is -0.497 e. The molecule has 100 valence electrons. The summed E-state index contributed by atoms with van der Waals surface area (Å²) in [5.41, 5.74) is 2.15. The summed E-state index contributed by atoms with van der Waals surface area (Å²) in [6.07, 6.45) is 1.57. The third kappa shape index (κ3) is 2.33. The van der Waals surface area contributed by atoms with Crippen LogP contribution in [0.1, 0.15) is 0 Å². The van der Waals surface area contributed by atoms with Gasteiger partial charge >= 0.3 is 0 Å². The molecule has 0 saturated heterocycles. The molecule has 0 aliphatic heterocycles. The van der Waals surface area contributed by atoms with E-state index >= 15 is 0 Å². The van der Waals surface area contributed by atoms with Crippen molar-refractivity contribution in [2.24, 2.45) is 0 Å². The summed E-state index contributed by atoms with van der Waals surface area (Å²) in [5, 5.41) is 2.82. The molecule has 0 radical (unpaired) electrons. The molecule has 0 atom stereocenters. The molecule has 4 heteroatoms. The second-order valence-corrected chi connectivity index (χ2v) is 5.15. The molecule has 3 aromatic rings. The second kappa shape index (κ2) is 5.31. The van der Waals surface area contributed by atoms with Gasteiger partial charge in [-0.25, -0.2) is 4.98 Å². The van der Waals surface area contributed by atoms with E-state index in [-0.39, 0.29) is 0 Å². The standard InChI is InChI=1S/C16H11Cl2NO/c1-20-12-5-2-10(3-6-12)11-4-7-13-14(8-11)16(18)19-9-15(13)17/h2-9H,1H3. The highest BCUT2D eigenvalue weighted by Crippen LogP contribution is 2.32. The van der Waals surface area contributed by atoms with Crippen molar-refractivity contribution < 1.29 is 4.74 Å². The van der Waals surface area contributed by atoms with Gasteiger partial charge in [0, 0.05) is 17.0 Å². The molecule has 0 aliphatic rings. The number of methoxy groups -OCH3 is 1. The van der Waals surface area contributed by atoms with Crippen LogP contribution in [0.25, 0.3) is 21.9 Å². The van der Waals surface area contributed by atoms with Crippen molar-refractivity contribution in [1.29, 1.82) is 0 Å². The Morgan fingerprint density at radius 3 is 2.30 bits per heavy atom. The van der Waals surface area contributed by atoms with Crippen LogP contribution in [0.15, 0.2) is 48.7 Å². The van der Waals surface area contributed by atoms with E-state index in [1.165, 1.54) is 0 Å². The molecule has 3 rings (SSSR count). The molecule has 20 heavy (non-hydrogen) atoms. The van der Waals surface area contributed by atoms with Crippen LogP contribution >= 0.6 is 23.2 Å². The zero-order valence-corrected chi connectivity index (χ0v) is 12.2. The van der Waals surface area contributed by atoms with Gasteiger partial charge in [0.05, 0.1) is 12.1 Å². The molecule has 0 fully saturated rings. The van der Waals surface area contributed by atoms with Crippen LogP contribution in [-0.4, -0.2) is 12.1 Å². The Morgan fingerprint density at radius 2 is 1.60 bits per heavy atom. The Morgan fingerprint density at radius 1 is 0.900 bits per heavy atom. The lowest BCUT2D eigenvalue weighted by atomic mass is 10.0. The fourth-order valence-corrected chi connectivity index (χ4v) is 2.56. The van der Waals surface area contributed by atoms with E-state index in [1.54, 1.807) is 13.3 Å². The van der Waals surface area contributed by atoms with Gasteiger partial charge in [-0.05, 0) is 29.3 Å². The summed E-state index contributed by atoms with van der Waals surface area (Å²) < 4.78 is 5.16. The van der Waals surface area contributed by atoms with Gasteiger partial charge in [-0.15, -0.1) is 0 Å². The monoisotopic (exact) mass is 303 g/mol. The van der Waals surface area contributed by atoms with Gasteiger partial charge in [0.2, 0.25) is 0 Å². The number of benzene rings is 2. The van der Waals surface area contributed by atoms with Crippen LogP contribution < -0.4 is 4.74 Å². The van der Waals surface area contributed by atoms with Crippen LogP contribution in [0.4, 0.5) is 0 Å². The number of fused-ring (bicyclic) bond motifs is 1. The Balaban J connectivity index is 2.14. The normalized spacial score (nSPS) is 10.8. The first-order chi connectivity index (χ1) is 9.69. The third-order valence-electron chi connectivity index (χ3n) is 3.21. The molecule has 0 unspecified atom stereocenters. The van der Waals surface area contributed by atoms with E-state index in [0.717, 1.165) is 27.6 Å². The molecule has 0 aliphatic carbocycles. The van der Waals surface area contributed by atoms with Crippen molar-refractivity contribution in [1.82, 2.24) is 4.98 Å². The second-order valence-electron chi connectivity index (χ2n) is 4.39. The van der Waals surface area contributed by atoms with E-state index < -0.39 is 0 Å². The lowest BCUT2D eigenvalue weighted by Gasteiger charge is -2.07. The third-order valence-corrected chi connectivity index (χ3v) is 3.82. The van der Waals surface area contributed by atoms with Crippen molar-refractivity contribution in [3.05, 3.63) is 58.8 Å². The van der Waals surface area contributed by atoms with Gasteiger partial charge in [-0.2, -0.15) is 0 Å². The van der Waals surface area contributed by atoms with Crippen molar-refractivity contribution >= 4 is 34.0 Å². The van der Waals surface area contributed by atoms with Crippen LogP contribution in [0.3, 0.4) is 0 Å². The fraction of sp³-hybridized carbons (Fsp3) is 0.0625. The summed E-state index contributed by atoms with van der Waals surface area (Å²) in [6.45, 7) is 0. The van der Waals surface area contributed by atoms with E-state index in [9.17, 15) is 0 Å². The maximum Gasteiger partial charge on any atom is 0.136 e. The van der Waals surface area contributed by atoms with Crippen LogP contribution in [-0.2, 0) is 0 Å². The Labute approximate surface area is 126 Å². The lowest BCUT2D eigenvalue weighted by Crippen LogP contribution is -1.85. The number of halogens is 2. The fourth-order valence-electron chi connectivity index (χ4n) is 2.14. The topological polar surface area (TPSA) is 22.1 Å². The van der Waals surface area contributed by atoms with Gasteiger partial charge in [0.1, 0.15) is 10.9 Å². The van der Waals surface area contributed by atoms with E-state index in [1.807, 2.05) is 42.5 Å². The first-order valence-electron chi connectivity index (χ1n) is 6.07. The average Bonchev–Trinajstić information content (AvgIpc) is 2.51. The molecular weight excluding hydrogens is 293 g/mol. The van der Waals surface area contributed by atoms with Crippen LogP contribution in [0.2, 0.25) is 10.2 Å². The summed E-state index contributed by atoms with van der Waals surface area (Å²) in [5.74, 6) is 0.831. The Kier molecular flexibility index (Phi) is 3.51. The average molecular weight is 304 g/mol. The molecule has 2 aromatic carbocycles. The van der Waals surface area contributed by atoms with Crippen LogP contribution in [0.5, 0.6) is 5.75 Å². The first-order valence-corrected chi connectivity index (χ1v) is 6.83. The summed E-state index contributed by atoms with van der Waals surface area (Å²) >= 11 is 12.3. The van der Waals surface area contributed by atoms with Crippen LogP contribution in [0, 0.1) is 0 Å². The van der Waals surface area contributed by atoms with Crippen molar-refractivity contribution in [2.75, 3.05) is 7.11 Å². The van der Waals surface area contributed by atoms with Gasteiger partial charge in [0.25, 0.3) is 0 Å². The molecule has 0 spiro atoms. The Bertz CT molecular complexity index is 769.